The molecule has 0 amide bonds. The molecule has 10 atom stereocenters. The van der Waals surface area contributed by atoms with Crippen molar-refractivity contribution in [3.63, 3.8) is 0 Å². The summed E-state index contributed by atoms with van der Waals surface area (Å²) in [4.78, 5) is 12.4. The number of methoxy groups -OCH3 is 1. The topological polar surface area (TPSA) is 234 Å². The van der Waals surface area contributed by atoms with Gasteiger partial charge < -0.3 is 69.3 Å². The van der Waals surface area contributed by atoms with Crippen LogP contribution in [0.3, 0.4) is 0 Å². The molecule has 15 heteroatoms. The monoisotopic (exact) mass is 638 g/mol. The number of aliphatic hydroxyl groups is 7. The zero-order valence-electron chi connectivity index (χ0n) is 24.2. The van der Waals surface area contributed by atoms with Crippen molar-refractivity contribution in [2.45, 2.75) is 67.8 Å². The lowest BCUT2D eigenvalue weighted by Gasteiger charge is -2.39. The number of benzene rings is 2. The van der Waals surface area contributed by atoms with Gasteiger partial charge in [0.15, 0.2) is 17.8 Å². The van der Waals surface area contributed by atoms with Crippen LogP contribution in [0.25, 0.3) is 6.08 Å². The molecule has 8 N–H and O–H groups in total. The smallest absolute Gasteiger partial charge is 0.330 e. The Morgan fingerprint density at radius 1 is 0.822 bits per heavy atom. The number of carbonyl (C=O) groups excluding carboxylic acids is 1. The van der Waals surface area contributed by atoms with Crippen LogP contribution in [-0.2, 0) is 30.2 Å². The van der Waals surface area contributed by atoms with Crippen molar-refractivity contribution in [1.82, 2.24) is 0 Å². The van der Waals surface area contributed by atoms with Gasteiger partial charge in [-0.05, 0) is 47.9 Å². The van der Waals surface area contributed by atoms with E-state index in [9.17, 15) is 45.6 Å². The Hall–Kier alpha value is -3.35. The van der Waals surface area contributed by atoms with Crippen molar-refractivity contribution in [3.8, 4) is 17.2 Å². The Morgan fingerprint density at radius 3 is 2.13 bits per heavy atom. The van der Waals surface area contributed by atoms with Gasteiger partial charge in [0.2, 0.25) is 6.29 Å². The van der Waals surface area contributed by atoms with E-state index >= 15 is 0 Å². The molecule has 0 saturated carbocycles. The quantitative estimate of drug-likeness (QED) is 0.0947. The zero-order chi connectivity index (χ0) is 32.7. The van der Waals surface area contributed by atoms with Crippen LogP contribution >= 0.6 is 0 Å². The van der Waals surface area contributed by atoms with Crippen LogP contribution < -0.4 is 9.47 Å². The minimum Gasteiger partial charge on any atom is -0.508 e. The highest BCUT2D eigenvalue weighted by Crippen LogP contribution is 2.32. The molecular formula is C30H38O15. The van der Waals surface area contributed by atoms with E-state index in [1.54, 1.807) is 12.1 Å². The molecule has 2 fully saturated rings. The summed E-state index contributed by atoms with van der Waals surface area (Å²) < 4.78 is 32.6. The number of ether oxygens (including phenoxy) is 6. The first kappa shape index (κ1) is 34.5. The molecule has 0 aliphatic carbocycles. The molecule has 10 unspecified atom stereocenters. The Bertz CT molecular complexity index is 1270. The van der Waals surface area contributed by atoms with Gasteiger partial charge in [0.25, 0.3) is 0 Å². The maximum Gasteiger partial charge on any atom is 0.330 e. The summed E-state index contributed by atoms with van der Waals surface area (Å²) in [5, 5.41) is 79.8. The van der Waals surface area contributed by atoms with Crippen molar-refractivity contribution >= 4 is 12.0 Å². The van der Waals surface area contributed by atoms with E-state index in [1.807, 2.05) is 0 Å². The molecule has 45 heavy (non-hydrogen) atoms. The second-order valence-electron chi connectivity index (χ2n) is 10.5. The molecule has 0 spiro atoms. The molecule has 2 aromatic rings. The summed E-state index contributed by atoms with van der Waals surface area (Å²) in [7, 11) is 1.35. The second-order valence-corrected chi connectivity index (χ2v) is 10.5. The van der Waals surface area contributed by atoms with Crippen molar-refractivity contribution in [2.75, 3.05) is 26.9 Å². The molecule has 2 aliphatic heterocycles. The van der Waals surface area contributed by atoms with Crippen LogP contribution in [-0.4, -0.2) is 135 Å². The number of carbonyl (C=O) groups is 1. The van der Waals surface area contributed by atoms with Gasteiger partial charge in [-0.25, -0.2) is 4.79 Å². The minimum absolute atomic E-state index is 0.0976. The number of phenolic OH excluding ortho intramolecular Hbond substituents is 1. The highest BCUT2D eigenvalue weighted by atomic mass is 16.7. The largest absolute Gasteiger partial charge is 0.508 e. The molecule has 0 aromatic heterocycles. The van der Waals surface area contributed by atoms with Crippen LogP contribution in [0.1, 0.15) is 11.1 Å². The SMILES string of the molecule is COc1cc(C=CC(=O)OCC2OC(OCCc3ccc(O)cc3)C(O)C(O)C2O)ccc1OC1OC(CO)C(O)C(O)C1O. The minimum atomic E-state index is -1.62. The summed E-state index contributed by atoms with van der Waals surface area (Å²) in [6.45, 7) is -0.978. The molecule has 0 bridgehead atoms. The number of phenols is 1. The zero-order valence-corrected chi connectivity index (χ0v) is 24.2. The Kier molecular flexibility index (Phi) is 12.1. The molecule has 2 heterocycles. The number of rotatable bonds is 12. The fraction of sp³-hybridized carbons (Fsp3) is 0.500. The highest BCUT2D eigenvalue weighted by molar-refractivity contribution is 5.87. The van der Waals surface area contributed by atoms with Crippen molar-refractivity contribution in [3.05, 3.63) is 59.7 Å². The highest BCUT2D eigenvalue weighted by Gasteiger charge is 2.46. The first-order valence-corrected chi connectivity index (χ1v) is 14.1. The molecule has 0 radical (unpaired) electrons. The van der Waals surface area contributed by atoms with Crippen molar-refractivity contribution in [1.29, 1.82) is 0 Å². The van der Waals surface area contributed by atoms with Crippen LogP contribution in [0.4, 0.5) is 0 Å². The van der Waals surface area contributed by atoms with Gasteiger partial charge in [0.05, 0.1) is 20.3 Å². The van der Waals surface area contributed by atoms with Gasteiger partial charge in [0.1, 0.15) is 61.2 Å². The van der Waals surface area contributed by atoms with E-state index < -0.39 is 80.6 Å². The lowest BCUT2D eigenvalue weighted by atomic mass is 9.99. The van der Waals surface area contributed by atoms with E-state index in [0.29, 0.717) is 12.0 Å². The molecule has 15 nitrogen and oxygen atoms in total. The molecule has 4 rings (SSSR count). The lowest BCUT2D eigenvalue weighted by molar-refractivity contribution is -0.301. The summed E-state index contributed by atoms with van der Waals surface area (Å²) in [5.74, 6) is -0.417. The molecule has 2 aromatic carbocycles. The maximum atomic E-state index is 12.4. The predicted octanol–water partition coefficient (Wildman–Crippen LogP) is -1.80. The average molecular weight is 639 g/mol. The van der Waals surface area contributed by atoms with E-state index in [-0.39, 0.29) is 23.9 Å². The second kappa shape index (κ2) is 15.8. The fourth-order valence-corrected chi connectivity index (χ4v) is 4.70. The van der Waals surface area contributed by atoms with Crippen LogP contribution in [0.2, 0.25) is 0 Å². The van der Waals surface area contributed by atoms with Crippen LogP contribution in [0.15, 0.2) is 48.5 Å². The number of esters is 1. The summed E-state index contributed by atoms with van der Waals surface area (Å²) in [6, 6.07) is 10.9. The van der Waals surface area contributed by atoms with Gasteiger partial charge in [-0.3, -0.25) is 0 Å². The van der Waals surface area contributed by atoms with Gasteiger partial charge in [-0.15, -0.1) is 0 Å². The third-order valence-corrected chi connectivity index (χ3v) is 7.36. The maximum absolute atomic E-state index is 12.4. The normalized spacial score (nSPS) is 31.9. The molecule has 2 saturated heterocycles. The summed E-state index contributed by atoms with van der Waals surface area (Å²) in [6.07, 6.45) is -11.7. The molecule has 248 valence electrons. The predicted molar refractivity (Wildman–Crippen MR) is 152 cm³/mol. The summed E-state index contributed by atoms with van der Waals surface area (Å²) in [5.41, 5.74) is 1.32. The van der Waals surface area contributed by atoms with Crippen LogP contribution in [0.5, 0.6) is 17.2 Å². The van der Waals surface area contributed by atoms with E-state index in [2.05, 4.69) is 0 Å². The standard InChI is InChI=1S/C30H38O15/c1-40-19-12-16(4-8-18(19)43-30-28(39)25(36)23(34)20(13-31)44-30)5-9-22(33)42-14-21-24(35)26(37)27(38)29(45-21)41-11-10-15-2-6-17(32)7-3-15/h2-9,12,20-21,23-32,34-39H,10-11,13-14H2,1H3. The third kappa shape index (κ3) is 8.68. The average Bonchev–Trinajstić information content (AvgIpc) is 3.04. The Labute approximate surface area is 258 Å². The van der Waals surface area contributed by atoms with Crippen molar-refractivity contribution < 1.29 is 74.1 Å². The van der Waals surface area contributed by atoms with Gasteiger partial charge >= 0.3 is 5.97 Å². The summed E-state index contributed by atoms with van der Waals surface area (Å²) >= 11 is 0. The number of aromatic hydroxyl groups is 1. The fourth-order valence-electron chi connectivity index (χ4n) is 4.70. The van der Waals surface area contributed by atoms with E-state index in [4.69, 9.17) is 28.4 Å². The third-order valence-electron chi connectivity index (χ3n) is 7.36. The molecule has 2 aliphatic rings. The lowest BCUT2D eigenvalue weighted by Crippen LogP contribution is -2.60. The first-order valence-electron chi connectivity index (χ1n) is 14.1. The van der Waals surface area contributed by atoms with Gasteiger partial charge in [-0.2, -0.15) is 0 Å². The number of hydrogen-bond acceptors (Lipinski definition) is 15. The Balaban J connectivity index is 1.30. The number of aliphatic hydroxyl groups excluding tert-OH is 7. The number of hydrogen-bond donors (Lipinski definition) is 8. The van der Waals surface area contributed by atoms with Crippen LogP contribution in [0, 0.1) is 0 Å². The van der Waals surface area contributed by atoms with Crippen molar-refractivity contribution in [2.24, 2.45) is 0 Å². The van der Waals surface area contributed by atoms with Gasteiger partial charge in [-0.1, -0.05) is 18.2 Å². The van der Waals surface area contributed by atoms with Gasteiger partial charge in [0, 0.05) is 6.08 Å². The molecular weight excluding hydrogens is 600 g/mol. The van der Waals surface area contributed by atoms with E-state index in [1.165, 1.54) is 43.5 Å². The Morgan fingerprint density at radius 2 is 1.47 bits per heavy atom. The van der Waals surface area contributed by atoms with E-state index in [0.717, 1.165) is 11.6 Å². The first-order chi connectivity index (χ1) is 21.5.